The molecular weight excluding hydrogens is 296 g/mol. The highest BCUT2D eigenvalue weighted by molar-refractivity contribution is 7.89. The molecule has 1 aliphatic rings. The molecule has 22 heavy (non-hydrogen) atoms. The summed E-state index contributed by atoms with van der Waals surface area (Å²) in [5.74, 6) is 0.803. The zero-order valence-corrected chi connectivity index (χ0v) is 14.5. The van der Waals surface area contributed by atoms with Crippen LogP contribution in [0.5, 0.6) is 0 Å². The van der Waals surface area contributed by atoms with E-state index < -0.39 is 10.0 Å². The molecule has 5 heteroatoms. The van der Waals surface area contributed by atoms with Gasteiger partial charge in [0.15, 0.2) is 0 Å². The molecule has 2 atom stereocenters. The third-order valence-corrected chi connectivity index (χ3v) is 5.79. The minimum absolute atomic E-state index is 0.271. The first kappa shape index (κ1) is 17.0. The second kappa shape index (κ2) is 7.27. The third kappa shape index (κ3) is 4.09. The molecule has 122 valence electrons. The molecule has 0 radical (unpaired) electrons. The maximum Gasteiger partial charge on any atom is 0.276 e. The zero-order valence-electron chi connectivity index (χ0n) is 13.7. The van der Waals surface area contributed by atoms with Crippen LogP contribution in [0.4, 0.5) is 0 Å². The van der Waals surface area contributed by atoms with Crippen molar-refractivity contribution in [2.45, 2.75) is 63.7 Å². The van der Waals surface area contributed by atoms with Crippen molar-refractivity contribution >= 4 is 15.7 Å². The van der Waals surface area contributed by atoms with E-state index in [1.54, 1.807) is 12.1 Å². The first-order chi connectivity index (χ1) is 10.4. The van der Waals surface area contributed by atoms with E-state index in [9.17, 15) is 8.42 Å². The number of hydrogen-bond acceptors (Lipinski definition) is 3. The van der Waals surface area contributed by atoms with Crippen molar-refractivity contribution in [2.24, 2.45) is 11.0 Å². The SMILES string of the molecule is CCC(C)c1ccc(S(=O)(=O)NN=C2CCCCC2C)cc1. The van der Waals surface area contributed by atoms with Crippen LogP contribution in [0.2, 0.25) is 0 Å². The van der Waals surface area contributed by atoms with Gasteiger partial charge in [-0.15, -0.1) is 0 Å². The maximum absolute atomic E-state index is 12.3. The van der Waals surface area contributed by atoms with Crippen LogP contribution < -0.4 is 4.83 Å². The molecule has 1 saturated carbocycles. The Bertz CT molecular complexity index is 621. The van der Waals surface area contributed by atoms with Gasteiger partial charge >= 0.3 is 0 Å². The number of rotatable bonds is 5. The molecule has 0 heterocycles. The van der Waals surface area contributed by atoms with Crippen LogP contribution in [-0.4, -0.2) is 14.1 Å². The molecule has 1 aliphatic carbocycles. The monoisotopic (exact) mass is 322 g/mol. The molecule has 0 amide bonds. The predicted octanol–water partition coefficient (Wildman–Crippen LogP) is 4.04. The van der Waals surface area contributed by atoms with E-state index in [0.717, 1.165) is 37.0 Å². The first-order valence-corrected chi connectivity index (χ1v) is 9.60. The summed E-state index contributed by atoms with van der Waals surface area (Å²) in [4.78, 5) is 2.67. The molecule has 4 nitrogen and oxygen atoms in total. The van der Waals surface area contributed by atoms with Crippen LogP contribution in [0.25, 0.3) is 0 Å². The number of hydrogen-bond donors (Lipinski definition) is 1. The normalized spacial score (nSPS) is 22.5. The predicted molar refractivity (Wildman–Crippen MR) is 90.5 cm³/mol. The van der Waals surface area contributed by atoms with Gasteiger partial charge in [0.25, 0.3) is 10.0 Å². The summed E-state index contributed by atoms with van der Waals surface area (Å²) < 4.78 is 24.6. The van der Waals surface area contributed by atoms with Gasteiger partial charge in [0.2, 0.25) is 0 Å². The number of sulfonamides is 1. The zero-order chi connectivity index (χ0) is 16.2. The number of hydrazone groups is 1. The summed E-state index contributed by atoms with van der Waals surface area (Å²) in [6.45, 7) is 6.36. The largest absolute Gasteiger partial charge is 0.276 e. The van der Waals surface area contributed by atoms with Gasteiger partial charge in [0, 0.05) is 5.71 Å². The van der Waals surface area contributed by atoms with Gasteiger partial charge in [-0.3, -0.25) is 0 Å². The van der Waals surface area contributed by atoms with E-state index in [-0.39, 0.29) is 4.90 Å². The Hall–Kier alpha value is -1.36. The summed E-state index contributed by atoms with van der Waals surface area (Å²) >= 11 is 0. The van der Waals surface area contributed by atoms with Crippen LogP contribution in [0.3, 0.4) is 0 Å². The van der Waals surface area contributed by atoms with Crippen molar-refractivity contribution < 1.29 is 8.42 Å². The number of nitrogens with one attached hydrogen (secondary N) is 1. The molecule has 0 spiro atoms. The molecule has 1 N–H and O–H groups in total. The lowest BCUT2D eigenvalue weighted by molar-refractivity contribution is 0.552. The summed E-state index contributed by atoms with van der Waals surface area (Å²) in [5.41, 5.74) is 2.12. The van der Waals surface area contributed by atoms with Crippen molar-refractivity contribution in [3.8, 4) is 0 Å². The Labute approximate surface area is 134 Å². The topological polar surface area (TPSA) is 58.5 Å². The molecule has 1 aromatic carbocycles. The fraction of sp³-hybridized carbons (Fsp3) is 0.588. The van der Waals surface area contributed by atoms with Gasteiger partial charge in [-0.1, -0.05) is 39.3 Å². The molecule has 2 rings (SSSR count). The van der Waals surface area contributed by atoms with Gasteiger partial charge in [0.05, 0.1) is 4.90 Å². The van der Waals surface area contributed by atoms with Crippen molar-refractivity contribution in [1.29, 1.82) is 0 Å². The minimum atomic E-state index is -3.57. The van der Waals surface area contributed by atoms with Crippen LogP contribution in [0.15, 0.2) is 34.3 Å². The summed E-state index contributed by atoms with van der Waals surface area (Å²) in [6.07, 6.45) is 5.30. The second-order valence-electron chi connectivity index (χ2n) is 6.22. The minimum Gasteiger partial charge on any atom is -0.200 e. The fourth-order valence-corrected chi connectivity index (χ4v) is 3.56. The van der Waals surface area contributed by atoms with E-state index in [2.05, 4.69) is 30.7 Å². The Kier molecular flexibility index (Phi) is 5.62. The Morgan fingerprint density at radius 1 is 1.27 bits per heavy atom. The number of benzene rings is 1. The van der Waals surface area contributed by atoms with Gasteiger partial charge in [-0.2, -0.15) is 13.5 Å². The third-order valence-electron chi connectivity index (χ3n) is 4.57. The van der Waals surface area contributed by atoms with Crippen LogP contribution in [-0.2, 0) is 10.0 Å². The van der Waals surface area contributed by atoms with E-state index in [1.807, 2.05) is 12.1 Å². The average molecular weight is 322 g/mol. The van der Waals surface area contributed by atoms with Crippen LogP contribution >= 0.6 is 0 Å². The molecule has 2 unspecified atom stereocenters. The van der Waals surface area contributed by atoms with Gasteiger partial charge in [-0.05, 0) is 55.2 Å². The molecule has 1 fully saturated rings. The van der Waals surface area contributed by atoms with Crippen molar-refractivity contribution in [2.75, 3.05) is 0 Å². The smallest absolute Gasteiger partial charge is 0.200 e. The average Bonchev–Trinajstić information content (AvgIpc) is 2.53. The van der Waals surface area contributed by atoms with Crippen LogP contribution in [0, 0.1) is 5.92 Å². The Morgan fingerprint density at radius 3 is 2.55 bits per heavy atom. The van der Waals surface area contributed by atoms with E-state index in [4.69, 9.17) is 0 Å². The Morgan fingerprint density at radius 2 is 1.95 bits per heavy atom. The molecule has 1 aromatic rings. The number of nitrogens with zero attached hydrogens (tertiary/aromatic N) is 1. The highest BCUT2D eigenvalue weighted by Gasteiger charge is 2.18. The maximum atomic E-state index is 12.3. The van der Waals surface area contributed by atoms with E-state index in [0.29, 0.717) is 11.8 Å². The Balaban J connectivity index is 2.11. The summed E-state index contributed by atoms with van der Waals surface area (Å²) in [5, 5.41) is 4.16. The van der Waals surface area contributed by atoms with E-state index in [1.165, 1.54) is 6.42 Å². The van der Waals surface area contributed by atoms with Crippen LogP contribution in [0.1, 0.15) is 64.4 Å². The first-order valence-electron chi connectivity index (χ1n) is 8.12. The van der Waals surface area contributed by atoms with Gasteiger partial charge in [0.1, 0.15) is 0 Å². The molecule has 0 aromatic heterocycles. The fourth-order valence-electron chi connectivity index (χ4n) is 2.72. The second-order valence-corrected chi connectivity index (χ2v) is 7.88. The van der Waals surface area contributed by atoms with Crippen molar-refractivity contribution in [3.63, 3.8) is 0 Å². The van der Waals surface area contributed by atoms with E-state index >= 15 is 0 Å². The molecule has 0 aliphatic heterocycles. The lowest BCUT2D eigenvalue weighted by Crippen LogP contribution is -2.24. The lowest BCUT2D eigenvalue weighted by Gasteiger charge is -2.20. The highest BCUT2D eigenvalue weighted by Crippen LogP contribution is 2.22. The lowest BCUT2D eigenvalue weighted by atomic mass is 9.89. The molecule has 0 bridgehead atoms. The van der Waals surface area contributed by atoms with Gasteiger partial charge in [-0.25, -0.2) is 4.83 Å². The quantitative estimate of drug-likeness (QED) is 0.832. The highest BCUT2D eigenvalue weighted by atomic mass is 32.2. The van der Waals surface area contributed by atoms with Gasteiger partial charge < -0.3 is 0 Å². The molecular formula is C17H26N2O2S. The molecule has 0 saturated heterocycles. The summed E-state index contributed by atoms with van der Waals surface area (Å²) in [7, 11) is -3.57. The van der Waals surface area contributed by atoms with Crippen molar-refractivity contribution in [3.05, 3.63) is 29.8 Å². The standard InChI is InChI=1S/C17H26N2O2S/c1-4-13(2)15-9-11-16(12-10-15)22(20,21)19-18-17-8-6-5-7-14(17)3/h9-14,19H,4-8H2,1-3H3. The van der Waals surface area contributed by atoms with Crippen molar-refractivity contribution in [1.82, 2.24) is 4.83 Å². The summed E-state index contributed by atoms with van der Waals surface area (Å²) in [6, 6.07) is 7.10.